The van der Waals surface area contributed by atoms with Crippen molar-refractivity contribution >= 4 is 11.9 Å². The zero-order chi connectivity index (χ0) is 22.1. The maximum Gasteiger partial charge on any atom is 0.339 e. The SMILES string of the molecule is C#C[C@@]1(OC(=O)c2ccccc2)[C@@H](COC(=O)c2ccccc2)O[C@@H]2OC(C)(C)O[C@@H]21. The van der Waals surface area contributed by atoms with E-state index in [2.05, 4.69) is 5.92 Å². The van der Waals surface area contributed by atoms with Gasteiger partial charge in [-0.2, -0.15) is 0 Å². The molecule has 0 unspecified atom stereocenters. The zero-order valence-electron chi connectivity index (χ0n) is 17.1. The van der Waals surface area contributed by atoms with Gasteiger partial charge in [0.2, 0.25) is 5.60 Å². The summed E-state index contributed by atoms with van der Waals surface area (Å²) in [4.78, 5) is 25.2. The molecule has 0 spiro atoms. The molecule has 2 aromatic carbocycles. The molecule has 2 aliphatic heterocycles. The normalized spacial score (nSPS) is 28.4. The Balaban J connectivity index is 1.58. The summed E-state index contributed by atoms with van der Waals surface area (Å²) in [5.74, 6) is 0.358. The van der Waals surface area contributed by atoms with Gasteiger partial charge < -0.3 is 23.7 Å². The Kier molecular flexibility index (Phi) is 5.54. The molecule has 0 bridgehead atoms. The summed E-state index contributed by atoms with van der Waals surface area (Å²) >= 11 is 0. The number of ether oxygens (including phenoxy) is 5. The first-order chi connectivity index (χ1) is 14.8. The Morgan fingerprint density at radius 2 is 1.55 bits per heavy atom. The molecule has 0 amide bonds. The lowest BCUT2D eigenvalue weighted by Gasteiger charge is -2.33. The van der Waals surface area contributed by atoms with Gasteiger partial charge >= 0.3 is 11.9 Å². The highest BCUT2D eigenvalue weighted by atomic mass is 16.8. The number of rotatable bonds is 5. The highest BCUT2D eigenvalue weighted by Crippen LogP contribution is 2.45. The van der Waals surface area contributed by atoms with Gasteiger partial charge in [0.25, 0.3) is 0 Å². The fourth-order valence-electron chi connectivity index (χ4n) is 3.65. The predicted molar refractivity (Wildman–Crippen MR) is 109 cm³/mol. The molecule has 2 aliphatic rings. The van der Waals surface area contributed by atoms with Crippen molar-refractivity contribution in [3.05, 3.63) is 71.8 Å². The minimum Gasteiger partial charge on any atom is -0.459 e. The number of carbonyl (C=O) groups is 2. The van der Waals surface area contributed by atoms with E-state index >= 15 is 0 Å². The van der Waals surface area contributed by atoms with Gasteiger partial charge in [0.15, 0.2) is 18.2 Å². The van der Waals surface area contributed by atoms with Crippen LogP contribution in [0.25, 0.3) is 0 Å². The predicted octanol–water partition coefficient (Wildman–Crippen LogP) is 2.95. The first kappa shape index (κ1) is 21.1. The maximum absolute atomic E-state index is 12.8. The Bertz CT molecular complexity index is 996. The monoisotopic (exact) mass is 422 g/mol. The van der Waals surface area contributed by atoms with Crippen molar-refractivity contribution < 1.29 is 33.3 Å². The summed E-state index contributed by atoms with van der Waals surface area (Å²) in [5, 5.41) is 0. The van der Waals surface area contributed by atoms with Crippen LogP contribution in [0.1, 0.15) is 34.6 Å². The van der Waals surface area contributed by atoms with Crippen LogP contribution in [0, 0.1) is 12.3 Å². The fraction of sp³-hybridized carbons (Fsp3) is 0.333. The van der Waals surface area contributed by atoms with E-state index < -0.39 is 41.8 Å². The molecule has 2 saturated heterocycles. The minimum absolute atomic E-state index is 0.250. The number of hydrogen-bond acceptors (Lipinski definition) is 7. The van der Waals surface area contributed by atoms with Crippen LogP contribution in [0.15, 0.2) is 60.7 Å². The van der Waals surface area contributed by atoms with Crippen LogP contribution in [0.3, 0.4) is 0 Å². The van der Waals surface area contributed by atoms with Gasteiger partial charge in [-0.1, -0.05) is 42.3 Å². The standard InChI is InChI=1S/C24H22O7/c1-4-24(30-21(26)17-13-9-6-10-14-17)18(28-22-19(24)29-23(2,3)31-22)15-27-20(25)16-11-7-5-8-12-16/h1,5-14,18-19,22H,15H2,2-3H3/t18-,19+,22-,24-/m1/s1. The summed E-state index contributed by atoms with van der Waals surface area (Å²) in [6, 6.07) is 16.9. The summed E-state index contributed by atoms with van der Waals surface area (Å²) in [6.07, 6.45) is 3.11. The number of fused-ring (bicyclic) bond motifs is 1. The lowest BCUT2D eigenvalue weighted by molar-refractivity contribution is -0.225. The van der Waals surface area contributed by atoms with Crippen molar-refractivity contribution in [3.63, 3.8) is 0 Å². The number of esters is 2. The Hall–Kier alpha value is -3.18. The van der Waals surface area contributed by atoms with Crippen LogP contribution < -0.4 is 0 Å². The number of hydrogen-bond donors (Lipinski definition) is 0. The van der Waals surface area contributed by atoms with E-state index in [4.69, 9.17) is 30.1 Å². The third kappa shape index (κ3) is 4.06. The van der Waals surface area contributed by atoms with Gasteiger partial charge in [-0.05, 0) is 38.1 Å². The van der Waals surface area contributed by atoms with Crippen LogP contribution in [0.2, 0.25) is 0 Å². The topological polar surface area (TPSA) is 80.3 Å². The molecule has 0 N–H and O–H groups in total. The highest BCUT2D eigenvalue weighted by molar-refractivity contribution is 5.90. The summed E-state index contributed by atoms with van der Waals surface area (Å²) in [5.41, 5.74) is -0.955. The van der Waals surface area contributed by atoms with Crippen molar-refractivity contribution in [3.8, 4) is 12.3 Å². The van der Waals surface area contributed by atoms with Crippen LogP contribution in [-0.2, 0) is 23.7 Å². The van der Waals surface area contributed by atoms with Crippen LogP contribution >= 0.6 is 0 Å². The van der Waals surface area contributed by atoms with Crippen molar-refractivity contribution in [1.82, 2.24) is 0 Å². The third-order valence-corrected chi connectivity index (χ3v) is 5.13. The third-order valence-electron chi connectivity index (χ3n) is 5.13. The lowest BCUT2D eigenvalue weighted by Crippen LogP contribution is -2.53. The van der Waals surface area contributed by atoms with Crippen molar-refractivity contribution in [2.45, 2.75) is 43.7 Å². The quantitative estimate of drug-likeness (QED) is 0.541. The molecule has 2 aromatic rings. The smallest absolute Gasteiger partial charge is 0.339 e. The molecule has 0 aliphatic carbocycles. The second-order valence-electron chi connectivity index (χ2n) is 7.71. The van der Waals surface area contributed by atoms with Gasteiger partial charge in [0.1, 0.15) is 12.7 Å². The Labute approximate surface area is 180 Å². The van der Waals surface area contributed by atoms with E-state index in [0.29, 0.717) is 11.1 Å². The molecule has 31 heavy (non-hydrogen) atoms. The van der Waals surface area contributed by atoms with E-state index in [-0.39, 0.29) is 6.61 Å². The first-order valence-electron chi connectivity index (χ1n) is 9.84. The highest BCUT2D eigenvalue weighted by Gasteiger charge is 2.66. The molecule has 4 rings (SSSR count). The van der Waals surface area contributed by atoms with E-state index in [1.54, 1.807) is 74.5 Å². The molecule has 0 aromatic heterocycles. The van der Waals surface area contributed by atoms with E-state index in [1.807, 2.05) is 0 Å². The summed E-state index contributed by atoms with van der Waals surface area (Å²) < 4.78 is 28.8. The minimum atomic E-state index is -1.65. The van der Waals surface area contributed by atoms with Crippen LogP contribution in [0.4, 0.5) is 0 Å². The van der Waals surface area contributed by atoms with E-state index in [0.717, 1.165) is 0 Å². The van der Waals surface area contributed by atoms with Gasteiger partial charge in [0.05, 0.1) is 11.1 Å². The van der Waals surface area contributed by atoms with E-state index in [1.165, 1.54) is 0 Å². The first-order valence-corrected chi connectivity index (χ1v) is 9.84. The Morgan fingerprint density at radius 3 is 2.13 bits per heavy atom. The fourth-order valence-corrected chi connectivity index (χ4v) is 3.65. The number of benzene rings is 2. The molecule has 0 saturated carbocycles. The molecule has 0 radical (unpaired) electrons. The number of terminal acetylenes is 1. The van der Waals surface area contributed by atoms with Crippen molar-refractivity contribution in [1.29, 1.82) is 0 Å². The molecule has 7 heteroatoms. The molecule has 2 heterocycles. The molecule has 2 fully saturated rings. The van der Waals surface area contributed by atoms with E-state index in [9.17, 15) is 9.59 Å². The molecular formula is C24H22O7. The Morgan fingerprint density at radius 1 is 0.968 bits per heavy atom. The van der Waals surface area contributed by atoms with Gasteiger partial charge in [-0.3, -0.25) is 0 Å². The van der Waals surface area contributed by atoms with Gasteiger partial charge in [-0.15, -0.1) is 6.42 Å². The molecular weight excluding hydrogens is 400 g/mol. The summed E-state index contributed by atoms with van der Waals surface area (Å²) in [6.45, 7) is 3.17. The second kappa shape index (κ2) is 8.16. The van der Waals surface area contributed by atoms with Crippen LogP contribution in [-0.4, -0.2) is 48.4 Å². The molecule has 160 valence electrons. The van der Waals surface area contributed by atoms with Gasteiger partial charge in [0, 0.05) is 0 Å². The second-order valence-corrected chi connectivity index (χ2v) is 7.71. The molecule has 4 atom stereocenters. The summed E-state index contributed by atoms with van der Waals surface area (Å²) in [7, 11) is 0. The van der Waals surface area contributed by atoms with Crippen molar-refractivity contribution in [2.75, 3.05) is 6.61 Å². The number of carbonyl (C=O) groups excluding carboxylic acids is 2. The largest absolute Gasteiger partial charge is 0.459 e. The maximum atomic E-state index is 12.8. The lowest BCUT2D eigenvalue weighted by atomic mass is 9.93. The average Bonchev–Trinajstić information content (AvgIpc) is 3.23. The zero-order valence-corrected chi connectivity index (χ0v) is 17.1. The molecule has 7 nitrogen and oxygen atoms in total. The average molecular weight is 422 g/mol. The van der Waals surface area contributed by atoms with Crippen molar-refractivity contribution in [2.24, 2.45) is 0 Å². The van der Waals surface area contributed by atoms with Gasteiger partial charge in [-0.25, -0.2) is 9.59 Å². The van der Waals surface area contributed by atoms with Crippen LogP contribution in [0.5, 0.6) is 0 Å².